The Morgan fingerprint density at radius 3 is 2.29 bits per heavy atom. The second-order valence-electron chi connectivity index (χ2n) is 22.7. The monoisotopic (exact) mass is 787 g/mol. The molecule has 8 fully saturated rings. The predicted molar refractivity (Wildman–Crippen MR) is 210 cm³/mol. The van der Waals surface area contributed by atoms with E-state index >= 15 is 0 Å². The van der Waals surface area contributed by atoms with Gasteiger partial charge in [0.1, 0.15) is 5.60 Å². The fraction of sp³-hybridized carbons (Fsp3) is 0.956. The first kappa shape index (κ1) is 41.2. The molecule has 14 atom stereocenters. The number of nitrogens with zero attached hydrogens (tertiary/aromatic N) is 2. The number of hydrogen-bond donors (Lipinski definition) is 2. The summed E-state index contributed by atoms with van der Waals surface area (Å²) < 4.78 is 31.4. The summed E-state index contributed by atoms with van der Waals surface area (Å²) in [4.78, 5) is 28.9. The second-order valence-corrected chi connectivity index (χ2v) is 22.7. The van der Waals surface area contributed by atoms with Crippen LogP contribution in [0.4, 0.5) is 4.79 Å². The molecule has 0 radical (unpaired) electrons. The molecule has 5 aliphatic carbocycles. The minimum Gasteiger partial charge on any atom is -0.457 e. The van der Waals surface area contributed by atoms with Crippen LogP contribution in [0.5, 0.6) is 0 Å². The lowest BCUT2D eigenvalue weighted by Gasteiger charge is -2.64. The largest absolute Gasteiger partial charge is 0.457 e. The molecule has 2 spiro atoms. The molecule has 2 N–H and O–H groups in total. The number of rotatable bonds is 7. The van der Waals surface area contributed by atoms with E-state index in [-0.39, 0.29) is 63.5 Å². The van der Waals surface area contributed by atoms with Gasteiger partial charge in [0.05, 0.1) is 36.6 Å². The summed E-state index contributed by atoms with van der Waals surface area (Å²) >= 11 is 0. The van der Waals surface area contributed by atoms with Gasteiger partial charge in [-0.2, -0.15) is 0 Å². The van der Waals surface area contributed by atoms with E-state index in [2.05, 4.69) is 39.5 Å². The molecule has 8 rings (SSSR count). The SMILES string of the molecule is CC(=O)O[C@@H]([C@H]1C[C@@H](C)C2[C@H](O1)[C@H](O)[C@@]1(C)[C@@H]3CC[C@H]4C(C)(C)[C@@H](O[C@H]5CN(CC6CN(C(=O)OC(C)(C)C)C6)CCO5)CC[C@@]45C[C@@]35CC[C@]21C)C(C)(C)O. The summed E-state index contributed by atoms with van der Waals surface area (Å²) in [6.07, 6.45) is 6.10. The highest BCUT2D eigenvalue weighted by Crippen LogP contribution is 2.89. The zero-order valence-corrected chi connectivity index (χ0v) is 36.4. The van der Waals surface area contributed by atoms with Gasteiger partial charge in [-0.15, -0.1) is 0 Å². The van der Waals surface area contributed by atoms with Gasteiger partial charge >= 0.3 is 12.1 Å². The molecule has 0 bridgehead atoms. The maximum Gasteiger partial charge on any atom is 0.410 e. The number of carbonyl (C=O) groups excluding carboxylic acids is 2. The van der Waals surface area contributed by atoms with E-state index in [4.69, 9.17) is 23.7 Å². The Morgan fingerprint density at radius 1 is 0.946 bits per heavy atom. The zero-order valence-electron chi connectivity index (χ0n) is 36.4. The van der Waals surface area contributed by atoms with Crippen LogP contribution in [-0.2, 0) is 28.5 Å². The standard InChI is InChI=1S/C45H74N2O9/c1-26-20-29(37(41(8,9)51)53-27(2)48)54-35-34(26)42(10)16-17-45-25-44(45)15-14-32(40(6,7)30(44)12-13-31(45)43(42,11)36(35)49)55-33-24-46(18-19-52-33)21-28-22-47(23-28)38(50)56-39(3,4)5/h26,28-37,49,51H,12-25H2,1-11H3/t26-,29-,30+,31+,32+,33+,34?,35+,36+,37+,42-,43-,44-,45+/m1/s1. The van der Waals surface area contributed by atoms with Crippen LogP contribution in [-0.4, -0.2) is 119 Å². The zero-order chi connectivity index (χ0) is 40.6. The van der Waals surface area contributed by atoms with Gasteiger partial charge in [0.25, 0.3) is 0 Å². The number of aliphatic hydroxyl groups is 2. The summed E-state index contributed by atoms with van der Waals surface area (Å²) in [6.45, 7) is 27.3. The number of amides is 1. The highest BCUT2D eigenvalue weighted by atomic mass is 16.7. The fourth-order valence-corrected chi connectivity index (χ4v) is 15.2. The van der Waals surface area contributed by atoms with Gasteiger partial charge in [0.2, 0.25) is 0 Å². The Morgan fingerprint density at radius 2 is 1.62 bits per heavy atom. The quantitative estimate of drug-likeness (QED) is 0.280. The van der Waals surface area contributed by atoms with Crippen LogP contribution in [0.15, 0.2) is 0 Å². The first-order valence-corrected chi connectivity index (χ1v) is 22.2. The van der Waals surface area contributed by atoms with Crippen LogP contribution in [0, 0.1) is 56.7 Å². The average Bonchev–Trinajstić information content (AvgIpc) is 3.70. The Bertz CT molecular complexity index is 1540. The first-order chi connectivity index (χ1) is 26.0. The molecule has 3 aliphatic heterocycles. The van der Waals surface area contributed by atoms with Crippen LogP contribution < -0.4 is 0 Å². The normalized spacial score (nSPS) is 46.6. The topological polar surface area (TPSA) is 127 Å². The molecule has 0 aromatic carbocycles. The molecule has 1 unspecified atom stereocenters. The lowest BCUT2D eigenvalue weighted by Crippen LogP contribution is -2.60. The molecule has 11 nitrogen and oxygen atoms in total. The van der Waals surface area contributed by atoms with Gasteiger partial charge < -0.3 is 38.8 Å². The number of likely N-dealkylation sites (tertiary alicyclic amines) is 1. The number of esters is 1. The third-order valence-electron chi connectivity index (χ3n) is 17.7. The van der Waals surface area contributed by atoms with Crippen molar-refractivity contribution in [2.75, 3.05) is 39.3 Å². The van der Waals surface area contributed by atoms with Crippen molar-refractivity contribution in [2.45, 2.75) is 176 Å². The number of aliphatic hydroxyl groups excluding tert-OH is 1. The highest BCUT2D eigenvalue weighted by molar-refractivity contribution is 5.69. The van der Waals surface area contributed by atoms with Crippen molar-refractivity contribution in [1.29, 1.82) is 0 Å². The fourth-order valence-electron chi connectivity index (χ4n) is 15.2. The van der Waals surface area contributed by atoms with E-state index in [0.717, 1.165) is 58.4 Å². The lowest BCUT2D eigenvalue weighted by atomic mass is 9.41. The van der Waals surface area contributed by atoms with Crippen LogP contribution >= 0.6 is 0 Å². The minimum atomic E-state index is -1.27. The van der Waals surface area contributed by atoms with E-state index in [1.807, 2.05) is 25.7 Å². The number of morpholine rings is 1. The van der Waals surface area contributed by atoms with Crippen molar-refractivity contribution >= 4 is 12.1 Å². The van der Waals surface area contributed by atoms with E-state index in [1.54, 1.807) is 13.8 Å². The van der Waals surface area contributed by atoms with Gasteiger partial charge in [0.15, 0.2) is 12.4 Å². The van der Waals surface area contributed by atoms with Crippen LogP contribution in [0.3, 0.4) is 0 Å². The number of hydrogen-bond acceptors (Lipinski definition) is 10. The van der Waals surface area contributed by atoms with Crippen molar-refractivity contribution in [1.82, 2.24) is 9.80 Å². The molecular formula is C45H74N2O9. The molecule has 5 saturated carbocycles. The van der Waals surface area contributed by atoms with Crippen molar-refractivity contribution in [3.8, 4) is 0 Å². The molecule has 3 saturated heterocycles. The Hall–Kier alpha value is -1.50. The van der Waals surface area contributed by atoms with Crippen molar-refractivity contribution in [3.63, 3.8) is 0 Å². The predicted octanol–water partition coefficient (Wildman–Crippen LogP) is 6.41. The van der Waals surface area contributed by atoms with Crippen molar-refractivity contribution < 1.29 is 43.5 Å². The van der Waals surface area contributed by atoms with Gasteiger partial charge in [-0.05, 0) is 131 Å². The Kier molecular flexibility index (Phi) is 9.95. The molecule has 11 heteroatoms. The molecule has 318 valence electrons. The molecule has 0 aromatic heterocycles. The van der Waals surface area contributed by atoms with E-state index < -0.39 is 35.5 Å². The third-order valence-corrected chi connectivity index (χ3v) is 17.7. The van der Waals surface area contributed by atoms with E-state index in [1.165, 1.54) is 26.2 Å². The van der Waals surface area contributed by atoms with E-state index in [0.29, 0.717) is 30.8 Å². The molecule has 8 aliphatic rings. The van der Waals surface area contributed by atoms with Crippen molar-refractivity contribution in [2.24, 2.45) is 56.7 Å². The van der Waals surface area contributed by atoms with Gasteiger partial charge in [-0.25, -0.2) is 4.79 Å². The van der Waals surface area contributed by atoms with Crippen LogP contribution in [0.25, 0.3) is 0 Å². The van der Waals surface area contributed by atoms with Gasteiger partial charge in [-0.3, -0.25) is 9.69 Å². The smallest absolute Gasteiger partial charge is 0.410 e. The lowest BCUT2D eigenvalue weighted by molar-refractivity contribution is -0.249. The molecular weight excluding hydrogens is 712 g/mol. The number of carbonyl (C=O) groups is 2. The first-order valence-electron chi connectivity index (χ1n) is 22.2. The summed E-state index contributed by atoms with van der Waals surface area (Å²) in [5, 5.41) is 23.7. The maximum atomic E-state index is 12.7. The summed E-state index contributed by atoms with van der Waals surface area (Å²) in [5.74, 6) is 1.44. The Balaban J connectivity index is 0.932. The van der Waals surface area contributed by atoms with Gasteiger partial charge in [-0.1, -0.05) is 34.6 Å². The number of ether oxygens (including phenoxy) is 5. The average molecular weight is 787 g/mol. The van der Waals surface area contributed by atoms with Crippen LogP contribution in [0.2, 0.25) is 0 Å². The molecule has 3 heterocycles. The third kappa shape index (κ3) is 6.23. The maximum absolute atomic E-state index is 12.7. The molecule has 0 aromatic rings. The van der Waals surface area contributed by atoms with Gasteiger partial charge in [0, 0.05) is 51.0 Å². The molecule has 56 heavy (non-hydrogen) atoms. The number of fused-ring (bicyclic) bond motifs is 4. The minimum absolute atomic E-state index is 0.00213. The second kappa shape index (κ2) is 13.5. The summed E-state index contributed by atoms with van der Waals surface area (Å²) in [5.41, 5.74) is -1.62. The summed E-state index contributed by atoms with van der Waals surface area (Å²) in [6, 6.07) is 0. The highest BCUT2D eigenvalue weighted by Gasteiger charge is 2.84. The molecule has 1 amide bonds. The van der Waals surface area contributed by atoms with Crippen molar-refractivity contribution in [3.05, 3.63) is 0 Å². The van der Waals surface area contributed by atoms with E-state index in [9.17, 15) is 19.8 Å². The Labute approximate surface area is 336 Å². The van der Waals surface area contributed by atoms with Crippen LogP contribution in [0.1, 0.15) is 128 Å². The summed E-state index contributed by atoms with van der Waals surface area (Å²) in [7, 11) is 0.